The third-order valence-electron chi connectivity index (χ3n) is 3.87. The normalized spacial score (nSPS) is 14.7. The number of methoxy groups -OCH3 is 2. The van der Waals surface area contributed by atoms with Gasteiger partial charge in [0.25, 0.3) is 0 Å². The molecule has 1 fully saturated rings. The van der Waals surface area contributed by atoms with Gasteiger partial charge >= 0.3 is 5.97 Å². The molecule has 0 amide bonds. The van der Waals surface area contributed by atoms with Crippen LogP contribution in [-0.2, 0) is 9.53 Å². The molecule has 1 aliphatic carbocycles. The SMILES string of the molecule is COC(=O)C1(Oc2cc(-c3ccc(F)cc3OC)nc(SC)n2)CC1. The van der Waals surface area contributed by atoms with Gasteiger partial charge in [0.1, 0.15) is 11.6 Å². The predicted octanol–water partition coefficient (Wildman–Crippen LogP) is 3.10. The lowest BCUT2D eigenvalue weighted by molar-refractivity contribution is -0.151. The Kier molecular flexibility index (Phi) is 4.80. The Morgan fingerprint density at radius 3 is 2.60 bits per heavy atom. The lowest BCUT2D eigenvalue weighted by atomic mass is 10.1. The minimum absolute atomic E-state index is 0.267. The fourth-order valence-electron chi connectivity index (χ4n) is 2.41. The summed E-state index contributed by atoms with van der Waals surface area (Å²) in [5.41, 5.74) is 0.157. The van der Waals surface area contributed by atoms with Crippen LogP contribution in [0.4, 0.5) is 4.39 Å². The number of hydrogen-bond acceptors (Lipinski definition) is 7. The number of aromatic nitrogens is 2. The van der Waals surface area contributed by atoms with E-state index < -0.39 is 17.4 Å². The molecule has 1 aromatic carbocycles. The second kappa shape index (κ2) is 6.87. The summed E-state index contributed by atoms with van der Waals surface area (Å²) in [5.74, 6) is -0.203. The predicted molar refractivity (Wildman–Crippen MR) is 90.4 cm³/mol. The van der Waals surface area contributed by atoms with Crippen molar-refractivity contribution in [3.8, 4) is 22.9 Å². The Balaban J connectivity index is 2.00. The third kappa shape index (κ3) is 3.53. The molecule has 1 aliphatic rings. The van der Waals surface area contributed by atoms with E-state index in [-0.39, 0.29) is 5.88 Å². The molecule has 1 saturated carbocycles. The number of thioether (sulfide) groups is 1. The number of hydrogen-bond donors (Lipinski definition) is 0. The van der Waals surface area contributed by atoms with Gasteiger partial charge in [0.15, 0.2) is 5.16 Å². The lowest BCUT2D eigenvalue weighted by Crippen LogP contribution is -2.31. The maximum Gasteiger partial charge on any atom is 0.350 e. The number of carbonyl (C=O) groups is 1. The summed E-state index contributed by atoms with van der Waals surface area (Å²) in [6.45, 7) is 0. The van der Waals surface area contributed by atoms with E-state index in [2.05, 4.69) is 9.97 Å². The molecule has 0 unspecified atom stereocenters. The minimum Gasteiger partial charge on any atom is -0.496 e. The van der Waals surface area contributed by atoms with Crippen molar-refractivity contribution in [3.05, 3.63) is 30.1 Å². The molecule has 8 heteroatoms. The fourth-order valence-corrected chi connectivity index (χ4v) is 2.78. The van der Waals surface area contributed by atoms with Gasteiger partial charge in [0.2, 0.25) is 11.5 Å². The van der Waals surface area contributed by atoms with Crippen LogP contribution in [0.25, 0.3) is 11.3 Å². The van der Waals surface area contributed by atoms with Crippen LogP contribution in [0.3, 0.4) is 0 Å². The first-order chi connectivity index (χ1) is 12.0. The van der Waals surface area contributed by atoms with Crippen molar-refractivity contribution in [1.29, 1.82) is 0 Å². The first-order valence-electron chi connectivity index (χ1n) is 7.56. The van der Waals surface area contributed by atoms with Crippen molar-refractivity contribution in [2.75, 3.05) is 20.5 Å². The maximum absolute atomic E-state index is 13.4. The highest BCUT2D eigenvalue weighted by Gasteiger charge is 2.54. The van der Waals surface area contributed by atoms with Crippen molar-refractivity contribution < 1.29 is 23.4 Å². The molecule has 3 rings (SSSR count). The topological polar surface area (TPSA) is 70.5 Å². The van der Waals surface area contributed by atoms with Crippen LogP contribution < -0.4 is 9.47 Å². The second-order valence-corrected chi connectivity index (χ2v) is 6.28. The van der Waals surface area contributed by atoms with Crippen LogP contribution in [0.1, 0.15) is 12.8 Å². The minimum atomic E-state index is -0.969. The van der Waals surface area contributed by atoms with Gasteiger partial charge in [-0.2, -0.15) is 4.98 Å². The molecule has 6 nitrogen and oxygen atoms in total. The maximum atomic E-state index is 13.4. The molecule has 0 N–H and O–H groups in total. The molecule has 0 saturated heterocycles. The fraction of sp³-hybridized carbons (Fsp3) is 0.353. The smallest absolute Gasteiger partial charge is 0.350 e. The molecule has 0 aliphatic heterocycles. The van der Waals surface area contributed by atoms with Crippen molar-refractivity contribution in [1.82, 2.24) is 9.97 Å². The van der Waals surface area contributed by atoms with Crippen molar-refractivity contribution in [2.24, 2.45) is 0 Å². The van der Waals surface area contributed by atoms with Crippen molar-refractivity contribution in [2.45, 2.75) is 23.6 Å². The average molecular weight is 364 g/mol. The first kappa shape index (κ1) is 17.5. The zero-order valence-corrected chi connectivity index (χ0v) is 14.9. The Morgan fingerprint density at radius 1 is 1.24 bits per heavy atom. The van der Waals surface area contributed by atoms with Crippen LogP contribution in [0.15, 0.2) is 29.4 Å². The highest BCUT2D eigenvalue weighted by molar-refractivity contribution is 7.98. The first-order valence-corrected chi connectivity index (χ1v) is 8.78. The van der Waals surface area contributed by atoms with Crippen LogP contribution in [0.2, 0.25) is 0 Å². The number of rotatable bonds is 6. The average Bonchev–Trinajstić information content (AvgIpc) is 3.41. The van der Waals surface area contributed by atoms with Crippen molar-refractivity contribution in [3.63, 3.8) is 0 Å². The van der Waals surface area contributed by atoms with Gasteiger partial charge in [-0.3, -0.25) is 0 Å². The molecule has 0 spiro atoms. The molecule has 25 heavy (non-hydrogen) atoms. The molecule has 1 aromatic heterocycles. The number of carbonyl (C=O) groups excluding carboxylic acids is 1. The molecular formula is C17H17FN2O4S. The summed E-state index contributed by atoms with van der Waals surface area (Å²) in [6.07, 6.45) is 2.99. The summed E-state index contributed by atoms with van der Waals surface area (Å²) in [6, 6.07) is 5.81. The number of esters is 1. The van der Waals surface area contributed by atoms with Gasteiger partial charge < -0.3 is 14.2 Å². The standard InChI is InChI=1S/C17H17FN2O4S/c1-22-13-8-10(18)4-5-11(13)12-9-14(20-16(19-12)25-3)24-17(6-7-17)15(21)23-2/h4-5,8-9H,6-7H2,1-3H3. The summed E-state index contributed by atoms with van der Waals surface area (Å²) >= 11 is 1.34. The van der Waals surface area contributed by atoms with Crippen LogP contribution in [0.5, 0.6) is 11.6 Å². The van der Waals surface area contributed by atoms with Crippen LogP contribution in [0, 0.1) is 5.82 Å². The summed E-state index contributed by atoms with van der Waals surface area (Å²) in [4.78, 5) is 20.6. The zero-order valence-electron chi connectivity index (χ0n) is 14.0. The van der Waals surface area contributed by atoms with E-state index in [0.29, 0.717) is 35.0 Å². The van der Waals surface area contributed by atoms with Gasteiger partial charge in [-0.05, 0) is 18.4 Å². The quantitative estimate of drug-likeness (QED) is 0.443. The molecule has 0 radical (unpaired) electrons. The van der Waals surface area contributed by atoms with E-state index in [1.54, 1.807) is 12.1 Å². The van der Waals surface area contributed by atoms with Crippen LogP contribution >= 0.6 is 11.8 Å². The number of halogens is 1. The highest BCUT2D eigenvalue weighted by Crippen LogP contribution is 2.42. The second-order valence-electron chi connectivity index (χ2n) is 5.51. The molecule has 132 valence electrons. The van der Waals surface area contributed by atoms with E-state index in [1.807, 2.05) is 6.26 Å². The van der Waals surface area contributed by atoms with Gasteiger partial charge in [-0.1, -0.05) is 11.8 Å². The molecule has 0 bridgehead atoms. The Hall–Kier alpha value is -2.35. The van der Waals surface area contributed by atoms with Gasteiger partial charge in [-0.25, -0.2) is 14.2 Å². The van der Waals surface area contributed by atoms with Gasteiger partial charge in [-0.15, -0.1) is 0 Å². The molecular weight excluding hydrogens is 347 g/mol. The van der Waals surface area contributed by atoms with E-state index in [1.165, 1.54) is 38.1 Å². The van der Waals surface area contributed by atoms with Gasteiger partial charge in [0.05, 0.1) is 19.9 Å². The highest BCUT2D eigenvalue weighted by atomic mass is 32.2. The monoisotopic (exact) mass is 364 g/mol. The number of nitrogens with zero attached hydrogens (tertiary/aromatic N) is 2. The van der Waals surface area contributed by atoms with Gasteiger partial charge in [0, 0.05) is 30.5 Å². The molecule has 2 aromatic rings. The summed E-state index contributed by atoms with van der Waals surface area (Å²) in [7, 11) is 2.79. The lowest BCUT2D eigenvalue weighted by Gasteiger charge is -2.16. The summed E-state index contributed by atoms with van der Waals surface area (Å²) in [5, 5.41) is 0.472. The molecule has 0 atom stereocenters. The number of benzene rings is 1. The summed E-state index contributed by atoms with van der Waals surface area (Å²) < 4.78 is 29.3. The number of ether oxygens (including phenoxy) is 3. The van der Waals surface area contributed by atoms with Crippen molar-refractivity contribution >= 4 is 17.7 Å². The van der Waals surface area contributed by atoms with E-state index in [9.17, 15) is 9.18 Å². The largest absolute Gasteiger partial charge is 0.496 e. The van der Waals surface area contributed by atoms with E-state index in [4.69, 9.17) is 14.2 Å². The zero-order chi connectivity index (χ0) is 18.0. The van der Waals surface area contributed by atoms with E-state index in [0.717, 1.165) is 0 Å². The Labute approximate surface area is 148 Å². The van der Waals surface area contributed by atoms with Crippen LogP contribution in [-0.4, -0.2) is 42.0 Å². The Morgan fingerprint density at radius 2 is 2.00 bits per heavy atom. The van der Waals surface area contributed by atoms with E-state index >= 15 is 0 Å². The Bertz CT molecular complexity index is 811. The molecule has 1 heterocycles. The third-order valence-corrected chi connectivity index (χ3v) is 4.41.